The summed E-state index contributed by atoms with van der Waals surface area (Å²) < 4.78 is 0. The maximum Gasteiger partial charge on any atom is 0.0991 e. The third-order valence-corrected chi connectivity index (χ3v) is 11.7. The van der Waals surface area contributed by atoms with Crippen molar-refractivity contribution < 1.29 is 0 Å². The van der Waals surface area contributed by atoms with Crippen molar-refractivity contribution in [3.05, 3.63) is 222 Å². The number of benzene rings is 9. The van der Waals surface area contributed by atoms with Crippen LogP contribution in [0.5, 0.6) is 0 Å². The van der Waals surface area contributed by atoms with E-state index in [9.17, 15) is 5.26 Å². The first-order valence-electron chi connectivity index (χ1n) is 18.8. The van der Waals surface area contributed by atoms with Gasteiger partial charge in [0.2, 0.25) is 0 Å². The minimum atomic E-state index is -0.630. The van der Waals surface area contributed by atoms with Gasteiger partial charge in [-0.05, 0) is 96.4 Å². The van der Waals surface area contributed by atoms with Gasteiger partial charge in [-0.1, -0.05) is 164 Å². The Kier molecular flexibility index (Phi) is 6.87. The van der Waals surface area contributed by atoms with E-state index in [2.05, 4.69) is 194 Å². The van der Waals surface area contributed by atoms with Crippen molar-refractivity contribution in [2.24, 2.45) is 0 Å². The van der Waals surface area contributed by atoms with E-state index in [0.29, 0.717) is 5.56 Å². The normalized spacial score (nSPS) is 12.9. The summed E-state index contributed by atoms with van der Waals surface area (Å²) in [6.45, 7) is 0. The molecule has 2 nitrogen and oxygen atoms in total. The van der Waals surface area contributed by atoms with Crippen molar-refractivity contribution in [3.63, 3.8) is 0 Å². The molecule has 254 valence electrons. The van der Waals surface area contributed by atoms with Gasteiger partial charge in [0.05, 0.1) is 28.3 Å². The number of hydrogen-bond donors (Lipinski definition) is 0. The fourth-order valence-corrected chi connectivity index (χ4v) is 9.41. The van der Waals surface area contributed by atoms with Crippen LogP contribution in [0, 0.1) is 11.3 Å². The van der Waals surface area contributed by atoms with Crippen molar-refractivity contribution in [2.75, 3.05) is 0 Å². The minimum Gasteiger partial charge on any atom is -0.247 e. The highest BCUT2D eigenvalue weighted by atomic mass is 14.7. The summed E-state index contributed by atoms with van der Waals surface area (Å²) in [5.74, 6) is 0. The van der Waals surface area contributed by atoms with Crippen LogP contribution >= 0.6 is 0 Å². The summed E-state index contributed by atoms with van der Waals surface area (Å²) in [6, 6.07) is 72.1. The molecule has 0 N–H and O–H groups in total. The molecule has 10 aromatic rings. The molecule has 0 aliphatic heterocycles. The molecule has 0 atom stereocenters. The molecule has 0 saturated carbocycles. The molecule has 9 aromatic carbocycles. The summed E-state index contributed by atoms with van der Waals surface area (Å²) in [7, 11) is 0. The SMILES string of the molecule is N#Cc1ccc2c(c1)C(c1ccccc1)(c1ccccc1)c1cc(-c3cc4c(-c5ccccc5)nc5ccc6ccccc6c5c4c4ccccc34)ccc1-2. The van der Waals surface area contributed by atoms with E-state index in [0.717, 1.165) is 44.4 Å². The molecule has 0 amide bonds. The van der Waals surface area contributed by atoms with Gasteiger partial charge in [0, 0.05) is 21.7 Å². The van der Waals surface area contributed by atoms with Gasteiger partial charge < -0.3 is 0 Å². The minimum absolute atomic E-state index is 0.630. The Labute approximate surface area is 319 Å². The summed E-state index contributed by atoms with van der Waals surface area (Å²) in [5, 5.41) is 18.5. The number of nitriles is 1. The van der Waals surface area contributed by atoms with Crippen LogP contribution in [0.3, 0.4) is 0 Å². The fourth-order valence-electron chi connectivity index (χ4n) is 9.41. The number of aromatic nitrogens is 1. The smallest absolute Gasteiger partial charge is 0.0991 e. The van der Waals surface area contributed by atoms with E-state index in [-0.39, 0.29) is 0 Å². The Morgan fingerprint density at radius 1 is 0.418 bits per heavy atom. The first-order valence-corrected chi connectivity index (χ1v) is 18.8. The molecule has 0 radical (unpaired) electrons. The second-order valence-electron chi connectivity index (χ2n) is 14.5. The highest BCUT2D eigenvalue weighted by molar-refractivity contribution is 6.30. The Bertz CT molecular complexity index is 3160. The Hall–Kier alpha value is -7.34. The van der Waals surface area contributed by atoms with Gasteiger partial charge in [0.25, 0.3) is 0 Å². The zero-order chi connectivity index (χ0) is 36.5. The summed E-state index contributed by atoms with van der Waals surface area (Å²) >= 11 is 0. The van der Waals surface area contributed by atoms with Crippen LogP contribution in [-0.4, -0.2) is 4.98 Å². The summed E-state index contributed by atoms with van der Waals surface area (Å²) in [5.41, 5.74) is 12.4. The highest BCUT2D eigenvalue weighted by Gasteiger charge is 2.46. The van der Waals surface area contributed by atoms with Crippen molar-refractivity contribution >= 4 is 43.2 Å². The number of pyridine rings is 1. The lowest BCUT2D eigenvalue weighted by Crippen LogP contribution is -2.28. The molecule has 0 spiro atoms. The molecule has 1 aliphatic carbocycles. The lowest BCUT2D eigenvalue weighted by atomic mass is 9.67. The van der Waals surface area contributed by atoms with E-state index in [1.54, 1.807) is 0 Å². The largest absolute Gasteiger partial charge is 0.247 e. The average Bonchev–Trinajstić information content (AvgIpc) is 3.56. The molecule has 0 saturated heterocycles. The lowest BCUT2D eigenvalue weighted by Gasteiger charge is -2.34. The van der Waals surface area contributed by atoms with Crippen molar-refractivity contribution in [1.29, 1.82) is 5.26 Å². The monoisotopic (exact) mass is 696 g/mol. The molecular weight excluding hydrogens is 665 g/mol. The quantitative estimate of drug-likeness (QED) is 0.172. The summed E-state index contributed by atoms with van der Waals surface area (Å²) in [6.07, 6.45) is 0. The van der Waals surface area contributed by atoms with Gasteiger partial charge in [-0.15, -0.1) is 0 Å². The van der Waals surface area contributed by atoms with Crippen LogP contribution < -0.4 is 0 Å². The van der Waals surface area contributed by atoms with Gasteiger partial charge >= 0.3 is 0 Å². The van der Waals surface area contributed by atoms with Gasteiger partial charge in [0.15, 0.2) is 0 Å². The molecule has 55 heavy (non-hydrogen) atoms. The van der Waals surface area contributed by atoms with Gasteiger partial charge in [0.1, 0.15) is 0 Å². The van der Waals surface area contributed by atoms with Crippen LogP contribution in [0.4, 0.5) is 0 Å². The predicted octanol–water partition coefficient (Wildman–Crippen LogP) is 13.3. The van der Waals surface area contributed by atoms with Gasteiger partial charge in [-0.3, -0.25) is 0 Å². The third-order valence-electron chi connectivity index (χ3n) is 11.7. The molecule has 0 fully saturated rings. The van der Waals surface area contributed by atoms with Gasteiger partial charge in [-0.25, -0.2) is 4.98 Å². The number of nitrogens with zero attached hydrogens (tertiary/aromatic N) is 2. The molecule has 2 heteroatoms. The van der Waals surface area contributed by atoms with E-state index < -0.39 is 5.41 Å². The Morgan fingerprint density at radius 2 is 1.02 bits per heavy atom. The maximum absolute atomic E-state index is 10.2. The van der Waals surface area contributed by atoms with Crippen LogP contribution in [-0.2, 0) is 5.41 Å². The van der Waals surface area contributed by atoms with E-state index >= 15 is 0 Å². The molecule has 1 aromatic heterocycles. The first kappa shape index (κ1) is 31.2. The van der Waals surface area contributed by atoms with Crippen molar-refractivity contribution in [1.82, 2.24) is 4.98 Å². The zero-order valence-electron chi connectivity index (χ0n) is 29.9. The molecule has 0 bridgehead atoms. The number of fused-ring (bicyclic) bond motifs is 10. The zero-order valence-corrected chi connectivity index (χ0v) is 29.9. The second kappa shape index (κ2) is 12.1. The molecule has 1 heterocycles. The van der Waals surface area contributed by atoms with Crippen molar-refractivity contribution in [2.45, 2.75) is 5.41 Å². The van der Waals surface area contributed by atoms with Crippen LogP contribution in [0.25, 0.3) is 76.7 Å². The van der Waals surface area contributed by atoms with E-state index in [4.69, 9.17) is 4.98 Å². The van der Waals surface area contributed by atoms with Crippen molar-refractivity contribution in [3.8, 4) is 39.6 Å². The average molecular weight is 697 g/mol. The first-order chi connectivity index (χ1) is 27.2. The Morgan fingerprint density at radius 3 is 1.73 bits per heavy atom. The van der Waals surface area contributed by atoms with Gasteiger partial charge in [-0.2, -0.15) is 5.26 Å². The van der Waals surface area contributed by atoms with E-state index in [1.807, 2.05) is 6.07 Å². The lowest BCUT2D eigenvalue weighted by molar-refractivity contribution is 0.768. The number of rotatable bonds is 4. The predicted molar refractivity (Wildman–Crippen MR) is 227 cm³/mol. The topological polar surface area (TPSA) is 36.7 Å². The maximum atomic E-state index is 10.2. The van der Waals surface area contributed by atoms with Crippen LogP contribution in [0.1, 0.15) is 27.8 Å². The third kappa shape index (κ3) is 4.51. The molecule has 11 rings (SSSR count). The van der Waals surface area contributed by atoms with E-state index in [1.165, 1.54) is 54.6 Å². The molecule has 1 aliphatic rings. The fraction of sp³-hybridized carbons (Fsp3) is 0.0189. The second-order valence-corrected chi connectivity index (χ2v) is 14.5. The van der Waals surface area contributed by atoms with Crippen LogP contribution in [0.2, 0.25) is 0 Å². The Balaban J connectivity index is 1.27. The molecular formula is C53H32N2. The number of hydrogen-bond acceptors (Lipinski definition) is 2. The highest BCUT2D eigenvalue weighted by Crippen LogP contribution is 2.57. The molecule has 0 unspecified atom stereocenters. The van der Waals surface area contributed by atoms with Crippen LogP contribution in [0.15, 0.2) is 194 Å². The summed E-state index contributed by atoms with van der Waals surface area (Å²) in [4.78, 5) is 5.44. The standard InChI is InChI=1S/C53H32N2/c54-33-34-24-27-42-43-28-25-37(31-48(43)53(47(42)30-34,38-17-6-2-7-18-38)39-19-8-3-9-20-39)45-32-46-50(44-23-13-12-22-41(44)45)51-40-21-11-10-14-35(40)26-29-49(51)55-52(46)36-15-4-1-5-16-36/h1-32H.